The molecule has 2 aliphatic heterocycles. The second-order valence-electron chi connectivity index (χ2n) is 7.83. The van der Waals surface area contributed by atoms with Crippen molar-refractivity contribution in [2.24, 2.45) is 10.1 Å². The lowest BCUT2D eigenvalue weighted by atomic mass is 10.1. The van der Waals surface area contributed by atoms with E-state index in [9.17, 15) is 19.7 Å². The Morgan fingerprint density at radius 2 is 1.79 bits per heavy atom. The van der Waals surface area contributed by atoms with E-state index in [0.29, 0.717) is 23.8 Å². The Hall–Kier alpha value is -4.28. The number of imide groups is 1. The summed E-state index contributed by atoms with van der Waals surface area (Å²) in [4.78, 5) is 44.8. The van der Waals surface area contributed by atoms with Gasteiger partial charge in [-0.05, 0) is 30.2 Å². The number of amides is 3. The first-order chi connectivity index (χ1) is 15.8. The van der Waals surface area contributed by atoms with Crippen LogP contribution in [-0.4, -0.2) is 69.5 Å². The van der Waals surface area contributed by atoms with Crippen LogP contribution in [0.3, 0.4) is 0 Å². The van der Waals surface area contributed by atoms with Gasteiger partial charge in [0.15, 0.2) is 12.2 Å². The van der Waals surface area contributed by atoms with Crippen LogP contribution < -0.4 is 5.43 Å². The highest BCUT2D eigenvalue weighted by Gasteiger charge is 2.51. The zero-order valence-corrected chi connectivity index (χ0v) is 18.4. The molecule has 2 heterocycles. The van der Waals surface area contributed by atoms with Crippen molar-refractivity contribution in [1.29, 1.82) is 0 Å². The zero-order valence-electron chi connectivity index (χ0n) is 18.4. The molecule has 2 aromatic rings. The number of nitrogens with one attached hydrogen (secondary N) is 1. The van der Waals surface area contributed by atoms with Crippen molar-refractivity contribution < 1.29 is 14.5 Å². The maximum Gasteiger partial charge on any atom is 0.328 e. The number of carbonyl (C=O) groups is 2. The van der Waals surface area contributed by atoms with Crippen LogP contribution in [0.1, 0.15) is 18.1 Å². The Balaban J connectivity index is 1.62. The number of aliphatic imine (C=N–C) groups is 1. The quantitative estimate of drug-likeness (QED) is 0.423. The zero-order chi connectivity index (χ0) is 23.7. The van der Waals surface area contributed by atoms with E-state index in [1.807, 2.05) is 30.3 Å². The van der Waals surface area contributed by atoms with Crippen molar-refractivity contribution in [3.05, 3.63) is 75.8 Å². The van der Waals surface area contributed by atoms with E-state index in [2.05, 4.69) is 15.5 Å². The molecule has 0 aromatic heterocycles. The maximum atomic E-state index is 13.0. The van der Waals surface area contributed by atoms with Gasteiger partial charge < -0.3 is 9.80 Å². The van der Waals surface area contributed by atoms with E-state index in [-0.39, 0.29) is 11.6 Å². The summed E-state index contributed by atoms with van der Waals surface area (Å²) in [6, 6.07) is 14.6. The molecule has 33 heavy (non-hydrogen) atoms. The number of nitrogens with zero attached hydrogens (tertiary/aromatic N) is 6. The van der Waals surface area contributed by atoms with E-state index >= 15 is 0 Å². The molecule has 4 rings (SSSR count). The molecule has 1 N–H and O–H groups in total. The molecule has 2 aromatic carbocycles. The number of fused-ring (bicyclic) bond motifs is 1. The summed E-state index contributed by atoms with van der Waals surface area (Å²) in [5, 5.41) is 15.3. The number of hydrazone groups is 1. The molecule has 2 unspecified atom stereocenters. The molecule has 1 saturated heterocycles. The summed E-state index contributed by atoms with van der Waals surface area (Å²) >= 11 is 0. The van der Waals surface area contributed by atoms with Gasteiger partial charge in [0.25, 0.3) is 11.6 Å². The van der Waals surface area contributed by atoms with Gasteiger partial charge in [0.05, 0.1) is 10.6 Å². The summed E-state index contributed by atoms with van der Waals surface area (Å²) in [6.45, 7) is 2.15. The monoisotopic (exact) mass is 449 g/mol. The molecule has 2 atom stereocenters. The lowest BCUT2D eigenvalue weighted by molar-refractivity contribution is -0.384. The number of guanidine groups is 1. The van der Waals surface area contributed by atoms with Crippen LogP contribution in [0.4, 0.5) is 10.5 Å². The third-order valence-electron chi connectivity index (χ3n) is 5.73. The van der Waals surface area contributed by atoms with Crippen molar-refractivity contribution in [1.82, 2.24) is 20.1 Å². The highest BCUT2D eigenvalue weighted by Crippen LogP contribution is 2.28. The number of urea groups is 1. The summed E-state index contributed by atoms with van der Waals surface area (Å²) in [5.41, 5.74) is 5.18. The number of likely N-dealkylation sites (N-methyl/N-ethyl adjacent to an activating group) is 2. The average molecular weight is 449 g/mol. The van der Waals surface area contributed by atoms with Gasteiger partial charge in [0, 0.05) is 32.8 Å². The van der Waals surface area contributed by atoms with E-state index in [0.717, 1.165) is 10.5 Å². The predicted octanol–water partition coefficient (Wildman–Crippen LogP) is 2.00. The SMILES string of the molecule is C/C(=N\NC1=NC2C(C(=O)N(C)C(=O)N2C)N1Cc1ccccc1)c1ccc([N+](=O)[O-])cc1. The molecule has 0 bridgehead atoms. The van der Waals surface area contributed by atoms with E-state index in [1.54, 1.807) is 31.0 Å². The van der Waals surface area contributed by atoms with Crippen LogP contribution in [0.25, 0.3) is 0 Å². The highest BCUT2D eigenvalue weighted by molar-refractivity contribution is 6.04. The number of nitro groups is 1. The Morgan fingerprint density at radius 1 is 1.12 bits per heavy atom. The average Bonchev–Trinajstić information content (AvgIpc) is 3.18. The molecule has 1 fully saturated rings. The first-order valence-electron chi connectivity index (χ1n) is 10.3. The van der Waals surface area contributed by atoms with Crippen LogP contribution in [0.15, 0.2) is 64.7 Å². The molecule has 11 heteroatoms. The van der Waals surface area contributed by atoms with E-state index < -0.39 is 23.2 Å². The lowest BCUT2D eigenvalue weighted by Crippen LogP contribution is -2.64. The van der Waals surface area contributed by atoms with Gasteiger partial charge in [-0.15, -0.1) is 0 Å². The second kappa shape index (κ2) is 8.69. The molecule has 0 saturated carbocycles. The number of benzene rings is 2. The van der Waals surface area contributed by atoms with Gasteiger partial charge in [0.2, 0.25) is 5.96 Å². The largest absolute Gasteiger partial charge is 0.328 e. The topological polar surface area (TPSA) is 124 Å². The maximum absolute atomic E-state index is 13.0. The summed E-state index contributed by atoms with van der Waals surface area (Å²) in [5.74, 6) is 0.0223. The van der Waals surface area contributed by atoms with Gasteiger partial charge in [-0.3, -0.25) is 19.8 Å². The number of hydrogen-bond donors (Lipinski definition) is 1. The molecule has 2 aliphatic rings. The van der Waals surface area contributed by atoms with Crippen molar-refractivity contribution in [2.75, 3.05) is 14.1 Å². The Morgan fingerprint density at radius 3 is 2.42 bits per heavy atom. The van der Waals surface area contributed by atoms with Gasteiger partial charge in [-0.2, -0.15) is 5.10 Å². The summed E-state index contributed by atoms with van der Waals surface area (Å²) in [6.07, 6.45) is -0.678. The Kier molecular flexibility index (Phi) is 5.78. The van der Waals surface area contributed by atoms with Gasteiger partial charge in [-0.1, -0.05) is 30.3 Å². The number of rotatable bonds is 5. The third-order valence-corrected chi connectivity index (χ3v) is 5.73. The molecule has 0 aliphatic carbocycles. The van der Waals surface area contributed by atoms with Crippen LogP contribution in [0.5, 0.6) is 0 Å². The number of carbonyl (C=O) groups excluding carboxylic acids is 2. The van der Waals surface area contributed by atoms with Crippen LogP contribution in [0.2, 0.25) is 0 Å². The van der Waals surface area contributed by atoms with Crippen molar-refractivity contribution in [2.45, 2.75) is 25.7 Å². The fraction of sp³-hybridized carbons (Fsp3) is 0.273. The van der Waals surface area contributed by atoms with Crippen molar-refractivity contribution in [3.8, 4) is 0 Å². The molecule has 170 valence electrons. The van der Waals surface area contributed by atoms with Crippen LogP contribution in [0, 0.1) is 10.1 Å². The smallest absolute Gasteiger partial charge is 0.321 e. The Bertz CT molecular complexity index is 1150. The van der Waals surface area contributed by atoms with Gasteiger partial charge in [-0.25, -0.2) is 15.2 Å². The van der Waals surface area contributed by atoms with E-state index in [4.69, 9.17) is 0 Å². The molecular formula is C22H23N7O4. The summed E-state index contributed by atoms with van der Waals surface area (Å²) in [7, 11) is 3.07. The fourth-order valence-corrected chi connectivity index (χ4v) is 3.83. The minimum absolute atomic E-state index is 0.00637. The normalized spacial score (nSPS) is 20.6. The highest BCUT2D eigenvalue weighted by atomic mass is 16.6. The fourth-order valence-electron chi connectivity index (χ4n) is 3.83. The minimum Gasteiger partial charge on any atom is -0.321 e. The molecule has 3 amide bonds. The predicted molar refractivity (Wildman–Crippen MR) is 121 cm³/mol. The van der Waals surface area contributed by atoms with Crippen LogP contribution in [-0.2, 0) is 11.3 Å². The van der Waals surface area contributed by atoms with Crippen molar-refractivity contribution >= 4 is 29.3 Å². The Labute approximate surface area is 190 Å². The number of non-ortho nitro benzene ring substituents is 1. The lowest BCUT2D eigenvalue weighted by Gasteiger charge is -2.39. The first kappa shape index (κ1) is 21.9. The molecular weight excluding hydrogens is 426 g/mol. The standard InChI is InChI=1S/C22H23N7O4/c1-14(16-9-11-17(12-10-16)29(32)33)24-25-21-23-19-18(20(30)27(3)22(31)26(19)2)28(21)13-15-7-5-4-6-8-15/h4-12,18-19H,13H2,1-3H3,(H,23,25)/b24-14+. The van der Waals surface area contributed by atoms with E-state index in [1.165, 1.54) is 24.1 Å². The number of hydrogen-bond acceptors (Lipinski definition) is 8. The molecule has 0 radical (unpaired) electrons. The number of nitro benzene ring substituents is 1. The van der Waals surface area contributed by atoms with Gasteiger partial charge >= 0.3 is 6.03 Å². The van der Waals surface area contributed by atoms with Crippen LogP contribution >= 0.6 is 0 Å². The van der Waals surface area contributed by atoms with Crippen molar-refractivity contribution in [3.63, 3.8) is 0 Å². The second-order valence-corrected chi connectivity index (χ2v) is 7.83. The molecule has 0 spiro atoms. The third kappa shape index (κ3) is 4.12. The first-order valence-corrected chi connectivity index (χ1v) is 10.3. The summed E-state index contributed by atoms with van der Waals surface area (Å²) < 4.78 is 0. The molecule has 11 nitrogen and oxygen atoms in total. The van der Waals surface area contributed by atoms with Gasteiger partial charge in [0.1, 0.15) is 0 Å². The minimum atomic E-state index is -0.685.